The summed E-state index contributed by atoms with van der Waals surface area (Å²) in [6, 6.07) is 3.93. The lowest BCUT2D eigenvalue weighted by atomic mass is 10.0. The van der Waals surface area contributed by atoms with E-state index in [0.717, 1.165) is 30.8 Å². The molecule has 0 aliphatic carbocycles. The average molecular weight is 320 g/mol. The van der Waals surface area contributed by atoms with E-state index in [2.05, 4.69) is 18.8 Å². The molecule has 4 nitrogen and oxygen atoms in total. The molecule has 22 heavy (non-hydrogen) atoms. The summed E-state index contributed by atoms with van der Waals surface area (Å²) in [6.45, 7) is 7.96. The summed E-state index contributed by atoms with van der Waals surface area (Å²) >= 11 is 1.58. The number of carbonyl (C=O) groups is 1. The second kappa shape index (κ2) is 8.13. The van der Waals surface area contributed by atoms with Gasteiger partial charge in [0.2, 0.25) is 11.8 Å². The van der Waals surface area contributed by atoms with E-state index in [0.29, 0.717) is 23.9 Å². The molecule has 0 atom stereocenters. The Bertz CT molecular complexity index is 573. The van der Waals surface area contributed by atoms with Crippen LogP contribution in [0.25, 0.3) is 10.8 Å². The van der Waals surface area contributed by atoms with Crippen molar-refractivity contribution >= 4 is 17.2 Å². The Hall–Kier alpha value is -1.62. The topological polar surface area (TPSA) is 46.3 Å². The second-order valence-corrected chi connectivity index (χ2v) is 6.36. The molecule has 1 amide bonds. The fourth-order valence-corrected chi connectivity index (χ4v) is 3.09. The first kappa shape index (κ1) is 16.7. The number of carbonyl (C=O) groups excluding carboxylic acids is 1. The lowest BCUT2D eigenvalue weighted by Gasteiger charge is -2.25. The van der Waals surface area contributed by atoms with Crippen molar-refractivity contribution in [2.24, 2.45) is 5.92 Å². The van der Waals surface area contributed by atoms with Crippen LogP contribution in [0, 0.1) is 5.92 Å². The first-order valence-electron chi connectivity index (χ1n) is 7.93. The molecular weight excluding hydrogens is 296 g/mol. The number of thiophene rings is 1. The van der Waals surface area contributed by atoms with Gasteiger partial charge in [0.1, 0.15) is 6.26 Å². The molecule has 0 radical (unpaired) electrons. The summed E-state index contributed by atoms with van der Waals surface area (Å²) in [5.74, 6) is 1.30. The SMILES string of the molecule is CCC(CC)CN(CC)C(=O)Cc1coc(-c2cccs2)n1. The summed E-state index contributed by atoms with van der Waals surface area (Å²) in [5, 5.41) is 1.98. The van der Waals surface area contributed by atoms with Crippen LogP contribution < -0.4 is 0 Å². The van der Waals surface area contributed by atoms with E-state index in [4.69, 9.17) is 4.42 Å². The molecule has 0 fully saturated rings. The zero-order chi connectivity index (χ0) is 15.9. The number of aromatic nitrogens is 1. The van der Waals surface area contributed by atoms with Crippen molar-refractivity contribution in [2.45, 2.75) is 40.0 Å². The Morgan fingerprint density at radius 3 is 2.73 bits per heavy atom. The molecule has 0 unspecified atom stereocenters. The number of nitrogens with zero attached hydrogens (tertiary/aromatic N) is 2. The van der Waals surface area contributed by atoms with Crippen molar-refractivity contribution in [1.29, 1.82) is 0 Å². The Morgan fingerprint density at radius 2 is 2.14 bits per heavy atom. The van der Waals surface area contributed by atoms with Crippen LogP contribution in [-0.4, -0.2) is 28.9 Å². The van der Waals surface area contributed by atoms with Crippen molar-refractivity contribution in [3.05, 3.63) is 29.5 Å². The van der Waals surface area contributed by atoms with Crippen LogP contribution >= 0.6 is 11.3 Å². The molecule has 0 spiro atoms. The van der Waals surface area contributed by atoms with E-state index in [1.165, 1.54) is 0 Å². The molecule has 0 N–H and O–H groups in total. The van der Waals surface area contributed by atoms with E-state index in [9.17, 15) is 4.79 Å². The normalized spacial score (nSPS) is 11.1. The maximum Gasteiger partial charge on any atom is 0.236 e. The predicted molar refractivity (Wildman–Crippen MR) is 89.8 cm³/mol. The molecule has 0 saturated carbocycles. The summed E-state index contributed by atoms with van der Waals surface area (Å²) in [5.41, 5.74) is 0.705. The van der Waals surface area contributed by atoms with Crippen LogP contribution in [0.15, 0.2) is 28.2 Å². The fourth-order valence-electron chi connectivity index (χ4n) is 2.43. The highest BCUT2D eigenvalue weighted by Gasteiger charge is 2.18. The molecule has 2 aromatic heterocycles. The van der Waals surface area contributed by atoms with E-state index in [1.54, 1.807) is 17.6 Å². The minimum absolute atomic E-state index is 0.125. The zero-order valence-electron chi connectivity index (χ0n) is 13.5. The van der Waals surface area contributed by atoms with Crippen LogP contribution in [0.2, 0.25) is 0 Å². The first-order chi connectivity index (χ1) is 10.7. The van der Waals surface area contributed by atoms with Gasteiger partial charge in [-0.3, -0.25) is 4.79 Å². The molecule has 5 heteroatoms. The Balaban J connectivity index is 1.98. The van der Waals surface area contributed by atoms with Gasteiger partial charge in [-0.1, -0.05) is 32.8 Å². The third-order valence-corrected chi connectivity index (χ3v) is 4.84. The van der Waals surface area contributed by atoms with E-state index < -0.39 is 0 Å². The quantitative estimate of drug-likeness (QED) is 0.731. The van der Waals surface area contributed by atoms with Gasteiger partial charge >= 0.3 is 0 Å². The van der Waals surface area contributed by atoms with Crippen LogP contribution in [0.4, 0.5) is 0 Å². The largest absolute Gasteiger partial charge is 0.444 e. The van der Waals surface area contributed by atoms with Crippen LogP contribution in [0.5, 0.6) is 0 Å². The van der Waals surface area contributed by atoms with Crippen molar-refractivity contribution in [3.8, 4) is 10.8 Å². The average Bonchev–Trinajstić information content (AvgIpc) is 3.19. The van der Waals surface area contributed by atoms with Crippen molar-refractivity contribution in [1.82, 2.24) is 9.88 Å². The van der Waals surface area contributed by atoms with Crippen molar-refractivity contribution in [3.63, 3.8) is 0 Å². The zero-order valence-corrected chi connectivity index (χ0v) is 14.4. The summed E-state index contributed by atoms with van der Waals surface area (Å²) in [4.78, 5) is 19.8. The van der Waals surface area contributed by atoms with E-state index in [1.807, 2.05) is 29.3 Å². The number of rotatable bonds is 8. The standard InChI is InChI=1S/C17H24N2O2S/c1-4-13(5-2)11-19(6-3)16(20)10-14-12-21-17(18-14)15-8-7-9-22-15/h7-9,12-13H,4-6,10-11H2,1-3H3. The second-order valence-electron chi connectivity index (χ2n) is 5.41. The van der Waals surface area contributed by atoms with Gasteiger partial charge in [0.25, 0.3) is 0 Å². The predicted octanol–water partition coefficient (Wildman–Crippen LogP) is 4.23. The third-order valence-electron chi connectivity index (χ3n) is 3.98. The minimum Gasteiger partial charge on any atom is -0.444 e. The van der Waals surface area contributed by atoms with Gasteiger partial charge < -0.3 is 9.32 Å². The molecule has 0 bridgehead atoms. The van der Waals surface area contributed by atoms with Crippen LogP contribution in [0.3, 0.4) is 0 Å². The van der Waals surface area contributed by atoms with Gasteiger partial charge in [0.05, 0.1) is 17.0 Å². The maximum atomic E-state index is 12.5. The number of amides is 1. The highest BCUT2D eigenvalue weighted by atomic mass is 32.1. The van der Waals surface area contributed by atoms with E-state index >= 15 is 0 Å². The van der Waals surface area contributed by atoms with Gasteiger partial charge in [-0.15, -0.1) is 11.3 Å². The van der Waals surface area contributed by atoms with Crippen molar-refractivity contribution in [2.75, 3.05) is 13.1 Å². The number of oxazole rings is 1. The minimum atomic E-state index is 0.125. The highest BCUT2D eigenvalue weighted by Crippen LogP contribution is 2.24. The number of hydrogen-bond donors (Lipinski definition) is 0. The Labute approximate surface area is 136 Å². The van der Waals surface area contributed by atoms with Crippen molar-refractivity contribution < 1.29 is 9.21 Å². The molecule has 0 aromatic carbocycles. The smallest absolute Gasteiger partial charge is 0.236 e. The summed E-state index contributed by atoms with van der Waals surface area (Å²) < 4.78 is 5.48. The van der Waals surface area contributed by atoms with Gasteiger partial charge in [-0.2, -0.15) is 0 Å². The van der Waals surface area contributed by atoms with Gasteiger partial charge in [0, 0.05) is 13.1 Å². The maximum absolute atomic E-state index is 12.5. The molecule has 0 aliphatic rings. The summed E-state index contributed by atoms with van der Waals surface area (Å²) in [6.07, 6.45) is 4.11. The molecule has 2 aromatic rings. The molecule has 2 rings (SSSR count). The Morgan fingerprint density at radius 1 is 1.36 bits per heavy atom. The fraction of sp³-hybridized carbons (Fsp3) is 0.529. The van der Waals surface area contributed by atoms with Gasteiger partial charge in [-0.25, -0.2) is 4.98 Å². The third kappa shape index (κ3) is 4.19. The molecule has 0 saturated heterocycles. The lowest BCUT2D eigenvalue weighted by molar-refractivity contribution is -0.131. The Kier molecular flexibility index (Phi) is 6.19. The lowest BCUT2D eigenvalue weighted by Crippen LogP contribution is -2.36. The summed E-state index contributed by atoms with van der Waals surface area (Å²) in [7, 11) is 0. The molecular formula is C17H24N2O2S. The number of hydrogen-bond acceptors (Lipinski definition) is 4. The van der Waals surface area contributed by atoms with Crippen LogP contribution in [0.1, 0.15) is 39.3 Å². The molecule has 0 aliphatic heterocycles. The first-order valence-corrected chi connectivity index (χ1v) is 8.81. The van der Waals surface area contributed by atoms with Crippen LogP contribution in [-0.2, 0) is 11.2 Å². The molecule has 120 valence electrons. The van der Waals surface area contributed by atoms with Gasteiger partial charge in [-0.05, 0) is 24.3 Å². The van der Waals surface area contributed by atoms with Gasteiger partial charge in [0.15, 0.2) is 0 Å². The molecule has 2 heterocycles. The monoisotopic (exact) mass is 320 g/mol. The highest BCUT2D eigenvalue weighted by molar-refractivity contribution is 7.13. The number of likely N-dealkylation sites (N-methyl/N-ethyl adjacent to an activating group) is 1. The van der Waals surface area contributed by atoms with E-state index in [-0.39, 0.29) is 5.91 Å².